The summed E-state index contributed by atoms with van der Waals surface area (Å²) in [7, 11) is 0. The maximum Gasteiger partial charge on any atom is 0.0636 e. The average molecular weight is 328 g/mol. The van der Waals surface area contributed by atoms with Crippen LogP contribution in [0.2, 0.25) is 0 Å². The highest BCUT2D eigenvalue weighted by Crippen LogP contribution is 2.19. The van der Waals surface area contributed by atoms with Gasteiger partial charge in [-0.3, -0.25) is 14.8 Å². The molecule has 0 amide bonds. The molecule has 1 aliphatic rings. The molecule has 0 aromatic carbocycles. The van der Waals surface area contributed by atoms with Gasteiger partial charge in [-0.05, 0) is 44.5 Å². The van der Waals surface area contributed by atoms with Gasteiger partial charge in [0.25, 0.3) is 0 Å². The first-order valence-electron chi connectivity index (χ1n) is 8.84. The number of rotatable bonds is 6. The van der Waals surface area contributed by atoms with E-state index < -0.39 is 0 Å². The Hall–Kier alpha value is -1.69. The Morgan fingerprint density at radius 3 is 2.83 bits per heavy atom. The fraction of sp³-hybridized carbons (Fsp3) is 0.526. The van der Waals surface area contributed by atoms with Crippen LogP contribution in [0.1, 0.15) is 26.0 Å². The molecule has 0 radical (unpaired) electrons. The first kappa shape index (κ1) is 17.1. The molecule has 1 atom stereocenters. The fourth-order valence-electron chi connectivity index (χ4n) is 3.69. The third kappa shape index (κ3) is 3.86. The molecule has 1 fully saturated rings. The SMILES string of the molecule is CC(C)N1CCN(Cc2cccn2-c2cccnc2)C[C@H]1CCO. The van der Waals surface area contributed by atoms with E-state index in [1.807, 2.05) is 12.3 Å². The molecule has 130 valence electrons. The summed E-state index contributed by atoms with van der Waals surface area (Å²) in [6.45, 7) is 8.82. The molecule has 5 nitrogen and oxygen atoms in total. The Morgan fingerprint density at radius 2 is 2.12 bits per heavy atom. The zero-order chi connectivity index (χ0) is 16.9. The van der Waals surface area contributed by atoms with Crippen LogP contribution in [0.3, 0.4) is 0 Å². The van der Waals surface area contributed by atoms with Crippen LogP contribution in [0, 0.1) is 0 Å². The summed E-state index contributed by atoms with van der Waals surface area (Å²) in [5, 5.41) is 9.40. The van der Waals surface area contributed by atoms with Crippen LogP contribution >= 0.6 is 0 Å². The van der Waals surface area contributed by atoms with Gasteiger partial charge in [0.1, 0.15) is 0 Å². The molecule has 0 bridgehead atoms. The third-order valence-electron chi connectivity index (χ3n) is 4.88. The molecule has 0 spiro atoms. The smallest absolute Gasteiger partial charge is 0.0636 e. The van der Waals surface area contributed by atoms with E-state index in [4.69, 9.17) is 0 Å². The van der Waals surface area contributed by atoms with Gasteiger partial charge in [0, 0.05) is 63.0 Å². The van der Waals surface area contributed by atoms with Crippen molar-refractivity contribution in [1.29, 1.82) is 0 Å². The number of piperazine rings is 1. The van der Waals surface area contributed by atoms with Crippen LogP contribution in [0.15, 0.2) is 42.9 Å². The number of pyridine rings is 1. The highest BCUT2D eigenvalue weighted by atomic mass is 16.3. The summed E-state index contributed by atoms with van der Waals surface area (Å²) < 4.78 is 2.21. The number of hydrogen-bond donors (Lipinski definition) is 1. The Kier molecular flexibility index (Phi) is 5.66. The molecule has 2 aromatic heterocycles. The highest BCUT2D eigenvalue weighted by Gasteiger charge is 2.28. The van der Waals surface area contributed by atoms with Gasteiger partial charge in [-0.15, -0.1) is 0 Å². The largest absolute Gasteiger partial charge is 0.396 e. The summed E-state index contributed by atoms with van der Waals surface area (Å²) >= 11 is 0. The zero-order valence-electron chi connectivity index (χ0n) is 14.7. The normalized spacial score (nSPS) is 19.9. The van der Waals surface area contributed by atoms with Gasteiger partial charge in [0.05, 0.1) is 11.9 Å². The van der Waals surface area contributed by atoms with Gasteiger partial charge in [-0.2, -0.15) is 0 Å². The van der Waals surface area contributed by atoms with Crippen LogP contribution in [0.25, 0.3) is 5.69 Å². The summed E-state index contributed by atoms with van der Waals surface area (Å²) in [4.78, 5) is 9.25. The lowest BCUT2D eigenvalue weighted by molar-refractivity contribution is 0.0342. The van der Waals surface area contributed by atoms with Gasteiger partial charge >= 0.3 is 0 Å². The lowest BCUT2D eigenvalue weighted by Crippen LogP contribution is -2.55. The van der Waals surface area contributed by atoms with E-state index in [0.29, 0.717) is 12.1 Å². The van der Waals surface area contributed by atoms with Crippen LogP contribution in [0.4, 0.5) is 0 Å². The topological polar surface area (TPSA) is 44.5 Å². The van der Waals surface area contributed by atoms with Crippen molar-refractivity contribution in [3.63, 3.8) is 0 Å². The number of aromatic nitrogens is 2. The first-order valence-corrected chi connectivity index (χ1v) is 8.84. The summed E-state index contributed by atoms with van der Waals surface area (Å²) in [6.07, 6.45) is 6.65. The molecule has 2 aromatic rings. The second kappa shape index (κ2) is 7.92. The van der Waals surface area contributed by atoms with E-state index in [2.05, 4.69) is 57.6 Å². The quantitative estimate of drug-likeness (QED) is 0.882. The van der Waals surface area contributed by atoms with Crippen LogP contribution in [-0.4, -0.2) is 62.8 Å². The molecule has 3 heterocycles. The number of hydrogen-bond acceptors (Lipinski definition) is 4. The molecule has 1 N–H and O–H groups in total. The van der Waals surface area contributed by atoms with Gasteiger partial charge in [0.2, 0.25) is 0 Å². The monoisotopic (exact) mass is 328 g/mol. The van der Waals surface area contributed by atoms with Crippen LogP contribution < -0.4 is 0 Å². The van der Waals surface area contributed by atoms with E-state index in [-0.39, 0.29) is 6.61 Å². The maximum absolute atomic E-state index is 9.40. The Balaban J connectivity index is 1.70. The zero-order valence-corrected chi connectivity index (χ0v) is 14.7. The van der Waals surface area contributed by atoms with Crippen molar-refractivity contribution < 1.29 is 5.11 Å². The maximum atomic E-state index is 9.40. The molecular weight excluding hydrogens is 300 g/mol. The molecule has 0 aliphatic carbocycles. The molecule has 0 saturated carbocycles. The summed E-state index contributed by atoms with van der Waals surface area (Å²) in [5.74, 6) is 0. The number of aliphatic hydroxyl groups excluding tert-OH is 1. The molecule has 24 heavy (non-hydrogen) atoms. The van der Waals surface area contributed by atoms with Gasteiger partial charge in [-0.1, -0.05) is 0 Å². The predicted molar refractivity (Wildman–Crippen MR) is 96.2 cm³/mol. The van der Waals surface area contributed by atoms with Crippen molar-refractivity contribution >= 4 is 0 Å². The molecule has 5 heteroatoms. The molecule has 3 rings (SSSR count). The lowest BCUT2D eigenvalue weighted by atomic mass is 10.1. The predicted octanol–water partition coefficient (Wildman–Crippen LogP) is 2.15. The van der Waals surface area contributed by atoms with Gasteiger partial charge in [0.15, 0.2) is 0 Å². The summed E-state index contributed by atoms with van der Waals surface area (Å²) in [6, 6.07) is 9.30. The van der Waals surface area contributed by atoms with Crippen LogP contribution in [-0.2, 0) is 6.54 Å². The number of aliphatic hydroxyl groups is 1. The fourth-order valence-corrected chi connectivity index (χ4v) is 3.69. The van der Waals surface area contributed by atoms with Crippen molar-refractivity contribution in [2.24, 2.45) is 0 Å². The van der Waals surface area contributed by atoms with Gasteiger partial charge < -0.3 is 9.67 Å². The lowest BCUT2D eigenvalue weighted by Gasteiger charge is -2.43. The van der Waals surface area contributed by atoms with Gasteiger partial charge in [-0.25, -0.2) is 0 Å². The summed E-state index contributed by atoms with van der Waals surface area (Å²) in [5.41, 5.74) is 2.38. The van der Waals surface area contributed by atoms with Crippen molar-refractivity contribution in [2.75, 3.05) is 26.2 Å². The standard InChI is InChI=1S/C19H28N4O/c1-16(2)22-11-10-21(15-19(22)7-12-24)14-18-6-4-9-23(18)17-5-3-8-20-13-17/h3-6,8-9,13,16,19,24H,7,10-12,14-15H2,1-2H3/t19-/m1/s1. The van der Waals surface area contributed by atoms with E-state index in [9.17, 15) is 5.11 Å². The minimum absolute atomic E-state index is 0.258. The molecule has 0 unspecified atom stereocenters. The van der Waals surface area contributed by atoms with E-state index in [0.717, 1.165) is 38.3 Å². The highest BCUT2D eigenvalue weighted by molar-refractivity contribution is 5.32. The van der Waals surface area contributed by atoms with E-state index in [1.165, 1.54) is 5.69 Å². The van der Waals surface area contributed by atoms with Crippen LogP contribution in [0.5, 0.6) is 0 Å². The second-order valence-electron chi connectivity index (χ2n) is 6.81. The van der Waals surface area contributed by atoms with Crippen molar-refractivity contribution in [2.45, 2.75) is 38.9 Å². The molecule has 1 aliphatic heterocycles. The van der Waals surface area contributed by atoms with Crippen molar-refractivity contribution in [1.82, 2.24) is 19.4 Å². The Labute approximate surface area is 144 Å². The average Bonchev–Trinajstić information content (AvgIpc) is 3.04. The second-order valence-corrected chi connectivity index (χ2v) is 6.81. The first-order chi connectivity index (χ1) is 11.7. The third-order valence-corrected chi connectivity index (χ3v) is 4.88. The number of nitrogens with zero attached hydrogens (tertiary/aromatic N) is 4. The molecular formula is C19H28N4O. The van der Waals surface area contributed by atoms with Crippen molar-refractivity contribution in [3.8, 4) is 5.69 Å². The minimum Gasteiger partial charge on any atom is -0.396 e. The van der Waals surface area contributed by atoms with E-state index in [1.54, 1.807) is 6.20 Å². The minimum atomic E-state index is 0.258. The Morgan fingerprint density at radius 1 is 1.25 bits per heavy atom. The van der Waals surface area contributed by atoms with E-state index >= 15 is 0 Å². The van der Waals surface area contributed by atoms with Crippen molar-refractivity contribution in [3.05, 3.63) is 48.5 Å². The molecule has 1 saturated heterocycles. The Bertz CT molecular complexity index is 625.